The van der Waals surface area contributed by atoms with Gasteiger partial charge in [0.05, 0.1) is 24.6 Å². The van der Waals surface area contributed by atoms with Crippen LogP contribution < -0.4 is 0 Å². The van der Waals surface area contributed by atoms with Crippen molar-refractivity contribution in [1.82, 2.24) is 9.97 Å². The molecule has 6 heteroatoms. The van der Waals surface area contributed by atoms with Crippen molar-refractivity contribution in [1.29, 1.82) is 0 Å². The predicted octanol–water partition coefficient (Wildman–Crippen LogP) is 1.10. The Morgan fingerprint density at radius 1 is 1.58 bits per heavy atom. The molecule has 0 spiro atoms. The van der Waals surface area contributed by atoms with Crippen LogP contribution in [0.1, 0.15) is 25.5 Å². The highest BCUT2D eigenvalue weighted by Gasteiger charge is 2.20. The van der Waals surface area contributed by atoms with E-state index in [0.717, 1.165) is 19.4 Å². The van der Waals surface area contributed by atoms with Crippen LogP contribution in [0.15, 0.2) is 18.6 Å². The first-order valence-corrected chi connectivity index (χ1v) is 6.40. The summed E-state index contributed by atoms with van der Waals surface area (Å²) in [6, 6.07) is 0. The minimum absolute atomic E-state index is 0.107. The number of carbonyl (C=O) groups is 1. The van der Waals surface area contributed by atoms with Crippen molar-refractivity contribution in [2.45, 2.75) is 38.6 Å². The summed E-state index contributed by atoms with van der Waals surface area (Å²) in [5, 5.41) is 0. The van der Waals surface area contributed by atoms with Gasteiger partial charge in [0.15, 0.2) is 6.10 Å². The Balaban J connectivity index is 1.67. The van der Waals surface area contributed by atoms with Gasteiger partial charge in [0.2, 0.25) is 0 Å². The summed E-state index contributed by atoms with van der Waals surface area (Å²) in [4.78, 5) is 19.6. The molecule has 0 saturated carbocycles. The van der Waals surface area contributed by atoms with Crippen LogP contribution in [0.4, 0.5) is 0 Å². The summed E-state index contributed by atoms with van der Waals surface area (Å²) in [6.45, 7) is 3.00. The Bertz CT molecular complexity index is 393. The Hall–Kier alpha value is -1.53. The van der Waals surface area contributed by atoms with Crippen molar-refractivity contribution >= 4 is 5.97 Å². The molecule has 0 N–H and O–H groups in total. The molecule has 1 fully saturated rings. The molecule has 0 bridgehead atoms. The lowest BCUT2D eigenvalue weighted by molar-refractivity contribution is -0.159. The maximum atomic E-state index is 11.7. The Morgan fingerprint density at radius 2 is 2.47 bits per heavy atom. The van der Waals surface area contributed by atoms with Crippen LogP contribution >= 0.6 is 0 Å². The van der Waals surface area contributed by atoms with E-state index in [9.17, 15) is 4.79 Å². The third-order valence-electron chi connectivity index (χ3n) is 2.87. The van der Waals surface area contributed by atoms with Gasteiger partial charge in [-0.25, -0.2) is 4.79 Å². The summed E-state index contributed by atoms with van der Waals surface area (Å²) in [6.07, 6.45) is 6.24. The smallest absolute Gasteiger partial charge is 0.335 e. The van der Waals surface area contributed by atoms with E-state index >= 15 is 0 Å². The molecule has 1 aromatic rings. The van der Waals surface area contributed by atoms with Crippen molar-refractivity contribution in [2.75, 3.05) is 13.2 Å². The molecule has 2 atom stereocenters. The first kappa shape index (κ1) is 13.9. The Morgan fingerprint density at radius 3 is 3.16 bits per heavy atom. The van der Waals surface area contributed by atoms with Crippen LogP contribution in [-0.4, -0.2) is 41.4 Å². The Labute approximate surface area is 112 Å². The number of rotatable bonds is 6. The standard InChI is InChI=1S/C13H18N2O4/c1-10(18-9-12-3-2-6-17-12)13(16)19-8-11-7-14-4-5-15-11/h4-5,7,10,12H,2-3,6,8-9H2,1H3/t10-,12-/m0/s1. The summed E-state index contributed by atoms with van der Waals surface area (Å²) in [5.41, 5.74) is 0.613. The summed E-state index contributed by atoms with van der Waals surface area (Å²) in [7, 11) is 0. The minimum atomic E-state index is -0.596. The second kappa shape index (κ2) is 7.16. The largest absolute Gasteiger partial charge is 0.457 e. The number of ether oxygens (including phenoxy) is 3. The van der Waals surface area contributed by atoms with Crippen LogP contribution in [0.3, 0.4) is 0 Å². The van der Waals surface area contributed by atoms with Gasteiger partial charge in [-0.2, -0.15) is 0 Å². The highest BCUT2D eigenvalue weighted by Crippen LogP contribution is 2.13. The average Bonchev–Trinajstić information content (AvgIpc) is 2.96. The summed E-state index contributed by atoms with van der Waals surface area (Å²) in [5.74, 6) is -0.399. The van der Waals surface area contributed by atoms with E-state index in [2.05, 4.69) is 9.97 Å². The van der Waals surface area contributed by atoms with E-state index < -0.39 is 12.1 Å². The summed E-state index contributed by atoms with van der Waals surface area (Å²) >= 11 is 0. The fourth-order valence-electron chi connectivity index (χ4n) is 1.76. The van der Waals surface area contributed by atoms with Crippen molar-refractivity contribution in [3.63, 3.8) is 0 Å². The molecule has 0 aromatic carbocycles. The molecule has 1 aliphatic rings. The van der Waals surface area contributed by atoms with Crippen molar-refractivity contribution < 1.29 is 19.0 Å². The molecule has 104 valence electrons. The SMILES string of the molecule is C[C@H](OC[C@@H]1CCCO1)C(=O)OCc1cnccn1. The quantitative estimate of drug-likeness (QED) is 0.718. The molecule has 1 saturated heterocycles. The molecule has 0 amide bonds. The number of nitrogens with zero attached hydrogens (tertiary/aromatic N) is 2. The molecule has 6 nitrogen and oxygen atoms in total. The zero-order chi connectivity index (χ0) is 13.5. The third kappa shape index (κ3) is 4.57. The van der Waals surface area contributed by atoms with Crippen LogP contribution in [0.2, 0.25) is 0 Å². The van der Waals surface area contributed by atoms with Crippen LogP contribution in [0.5, 0.6) is 0 Å². The monoisotopic (exact) mass is 266 g/mol. The molecule has 0 radical (unpaired) electrons. The van der Waals surface area contributed by atoms with Gasteiger partial charge in [-0.1, -0.05) is 0 Å². The fourth-order valence-corrected chi connectivity index (χ4v) is 1.76. The Kier molecular flexibility index (Phi) is 5.23. The molecular weight excluding hydrogens is 248 g/mol. The minimum Gasteiger partial charge on any atom is -0.457 e. The van der Waals surface area contributed by atoms with E-state index in [0.29, 0.717) is 12.3 Å². The molecule has 2 heterocycles. The molecule has 0 aliphatic carbocycles. The van der Waals surface area contributed by atoms with Gasteiger partial charge in [0.1, 0.15) is 6.61 Å². The first-order valence-electron chi connectivity index (χ1n) is 6.40. The molecule has 1 aromatic heterocycles. The normalized spacial score (nSPS) is 20.2. The lowest BCUT2D eigenvalue weighted by Gasteiger charge is -2.15. The molecule has 2 rings (SSSR count). The number of hydrogen-bond acceptors (Lipinski definition) is 6. The predicted molar refractivity (Wildman–Crippen MR) is 66.2 cm³/mol. The van der Waals surface area contributed by atoms with Gasteiger partial charge in [-0.15, -0.1) is 0 Å². The lowest BCUT2D eigenvalue weighted by Crippen LogP contribution is -2.27. The number of hydrogen-bond donors (Lipinski definition) is 0. The topological polar surface area (TPSA) is 70.5 Å². The maximum Gasteiger partial charge on any atom is 0.335 e. The third-order valence-corrected chi connectivity index (χ3v) is 2.87. The van der Waals surface area contributed by atoms with Gasteiger partial charge >= 0.3 is 5.97 Å². The lowest BCUT2D eigenvalue weighted by atomic mass is 10.2. The zero-order valence-corrected chi connectivity index (χ0v) is 10.9. The molecule has 0 unspecified atom stereocenters. The van der Waals surface area contributed by atoms with E-state index in [1.807, 2.05) is 0 Å². The van der Waals surface area contributed by atoms with Crippen molar-refractivity contribution in [3.8, 4) is 0 Å². The van der Waals surface area contributed by atoms with Gasteiger partial charge in [-0.05, 0) is 19.8 Å². The molecule has 1 aliphatic heterocycles. The van der Waals surface area contributed by atoms with Gasteiger partial charge in [0, 0.05) is 19.0 Å². The van der Waals surface area contributed by atoms with E-state index in [1.165, 1.54) is 0 Å². The van der Waals surface area contributed by atoms with Gasteiger partial charge in [0.25, 0.3) is 0 Å². The number of aromatic nitrogens is 2. The summed E-state index contributed by atoms with van der Waals surface area (Å²) < 4.78 is 16.0. The second-order valence-corrected chi connectivity index (χ2v) is 4.42. The van der Waals surface area contributed by atoms with Crippen molar-refractivity contribution in [3.05, 3.63) is 24.3 Å². The van der Waals surface area contributed by atoms with Crippen molar-refractivity contribution in [2.24, 2.45) is 0 Å². The van der Waals surface area contributed by atoms with E-state index in [1.54, 1.807) is 25.5 Å². The second-order valence-electron chi connectivity index (χ2n) is 4.42. The van der Waals surface area contributed by atoms with Crippen LogP contribution in [0, 0.1) is 0 Å². The number of carbonyl (C=O) groups excluding carboxylic acids is 1. The average molecular weight is 266 g/mol. The fraction of sp³-hybridized carbons (Fsp3) is 0.615. The highest BCUT2D eigenvalue weighted by molar-refractivity contribution is 5.74. The van der Waals surface area contributed by atoms with Crippen LogP contribution in [-0.2, 0) is 25.6 Å². The van der Waals surface area contributed by atoms with Gasteiger partial charge < -0.3 is 14.2 Å². The van der Waals surface area contributed by atoms with E-state index in [4.69, 9.17) is 14.2 Å². The zero-order valence-electron chi connectivity index (χ0n) is 10.9. The first-order chi connectivity index (χ1) is 9.25. The number of esters is 1. The maximum absolute atomic E-state index is 11.7. The molecule has 19 heavy (non-hydrogen) atoms. The van der Waals surface area contributed by atoms with E-state index in [-0.39, 0.29) is 12.7 Å². The van der Waals surface area contributed by atoms with Gasteiger partial charge in [-0.3, -0.25) is 9.97 Å². The van der Waals surface area contributed by atoms with Crippen LogP contribution in [0.25, 0.3) is 0 Å². The highest BCUT2D eigenvalue weighted by atomic mass is 16.6. The molecular formula is C13H18N2O4.